The highest BCUT2D eigenvalue weighted by molar-refractivity contribution is 5.86. The predicted molar refractivity (Wildman–Crippen MR) is 102 cm³/mol. The van der Waals surface area contributed by atoms with Crippen molar-refractivity contribution in [3.63, 3.8) is 0 Å². The number of hydrogen-bond donors (Lipinski definition) is 1. The lowest BCUT2D eigenvalue weighted by Crippen LogP contribution is -2.21. The summed E-state index contributed by atoms with van der Waals surface area (Å²) in [6, 6.07) is 22.2. The van der Waals surface area contributed by atoms with E-state index in [1.165, 1.54) is 12.1 Å². The van der Waals surface area contributed by atoms with Crippen molar-refractivity contribution in [2.75, 3.05) is 12.4 Å². The third-order valence-electron chi connectivity index (χ3n) is 4.08. The molecular formula is C22H20NO4-. The number of nitrogens with one attached hydrogen (secondary N) is 1. The first-order chi connectivity index (χ1) is 13.2. The van der Waals surface area contributed by atoms with Crippen LogP contribution in [0.25, 0.3) is 0 Å². The fraction of sp³-hybridized carbons (Fsp3) is 0.136. The molecule has 3 aromatic carbocycles. The van der Waals surface area contributed by atoms with Gasteiger partial charge < -0.3 is 24.7 Å². The van der Waals surface area contributed by atoms with Gasteiger partial charge in [0.2, 0.25) is 0 Å². The summed E-state index contributed by atoms with van der Waals surface area (Å²) in [6.45, 7) is 1.04. The third-order valence-corrected chi connectivity index (χ3v) is 4.08. The lowest BCUT2D eigenvalue weighted by Gasteiger charge is -2.13. The first-order valence-corrected chi connectivity index (χ1v) is 8.54. The molecule has 27 heavy (non-hydrogen) atoms. The zero-order chi connectivity index (χ0) is 19.1. The van der Waals surface area contributed by atoms with Crippen LogP contribution in [-0.2, 0) is 13.2 Å². The van der Waals surface area contributed by atoms with Gasteiger partial charge in [0.05, 0.1) is 13.1 Å². The molecule has 138 valence electrons. The number of carbonyl (C=O) groups excluding carboxylic acids is 1. The number of methoxy groups -OCH3 is 1. The molecule has 0 saturated heterocycles. The number of rotatable bonds is 8. The number of carbonyl (C=O) groups is 1. The highest BCUT2D eigenvalue weighted by atomic mass is 16.5. The smallest absolute Gasteiger partial charge is 0.161 e. The van der Waals surface area contributed by atoms with Crippen LogP contribution in [0, 0.1) is 0 Å². The van der Waals surface area contributed by atoms with E-state index >= 15 is 0 Å². The Labute approximate surface area is 158 Å². The molecule has 0 amide bonds. The van der Waals surface area contributed by atoms with Crippen LogP contribution in [0.5, 0.6) is 11.5 Å². The Morgan fingerprint density at radius 2 is 1.67 bits per heavy atom. The van der Waals surface area contributed by atoms with E-state index < -0.39 is 5.97 Å². The summed E-state index contributed by atoms with van der Waals surface area (Å²) in [7, 11) is 1.61. The van der Waals surface area contributed by atoms with Gasteiger partial charge in [-0.05, 0) is 41.0 Å². The average Bonchev–Trinajstić information content (AvgIpc) is 2.72. The van der Waals surface area contributed by atoms with Gasteiger partial charge in [0.1, 0.15) is 6.61 Å². The Balaban J connectivity index is 1.62. The molecule has 0 bridgehead atoms. The Morgan fingerprint density at radius 1 is 0.926 bits per heavy atom. The Morgan fingerprint density at radius 3 is 2.33 bits per heavy atom. The summed E-state index contributed by atoms with van der Waals surface area (Å²) in [4.78, 5) is 10.8. The van der Waals surface area contributed by atoms with Crippen LogP contribution < -0.4 is 19.9 Å². The fourth-order valence-corrected chi connectivity index (χ4v) is 2.60. The summed E-state index contributed by atoms with van der Waals surface area (Å²) in [6.07, 6.45) is 0. The highest BCUT2D eigenvalue weighted by Gasteiger charge is 2.06. The lowest BCUT2D eigenvalue weighted by atomic mass is 10.1. The van der Waals surface area contributed by atoms with E-state index in [0.717, 1.165) is 16.8 Å². The van der Waals surface area contributed by atoms with Crippen molar-refractivity contribution in [2.45, 2.75) is 13.2 Å². The van der Waals surface area contributed by atoms with E-state index in [1.807, 2.05) is 48.5 Å². The van der Waals surface area contributed by atoms with Gasteiger partial charge in [0, 0.05) is 12.2 Å². The maximum absolute atomic E-state index is 10.8. The number of carboxylic acid groups (broad SMARTS) is 1. The van der Waals surface area contributed by atoms with Gasteiger partial charge in [-0.2, -0.15) is 0 Å². The van der Waals surface area contributed by atoms with Crippen LogP contribution >= 0.6 is 0 Å². The van der Waals surface area contributed by atoms with E-state index in [4.69, 9.17) is 9.47 Å². The van der Waals surface area contributed by atoms with Crippen LogP contribution in [0.2, 0.25) is 0 Å². The molecule has 0 unspecified atom stereocenters. The van der Waals surface area contributed by atoms with E-state index in [0.29, 0.717) is 24.7 Å². The molecule has 0 aromatic heterocycles. The van der Waals surface area contributed by atoms with E-state index in [-0.39, 0.29) is 5.56 Å². The van der Waals surface area contributed by atoms with Crippen molar-refractivity contribution < 1.29 is 19.4 Å². The number of aromatic carboxylic acids is 1. The summed E-state index contributed by atoms with van der Waals surface area (Å²) in [5, 5.41) is 14.0. The summed E-state index contributed by atoms with van der Waals surface area (Å²) < 4.78 is 11.3. The van der Waals surface area contributed by atoms with Crippen molar-refractivity contribution in [3.05, 3.63) is 89.5 Å². The minimum Gasteiger partial charge on any atom is -0.545 e. The molecule has 5 nitrogen and oxygen atoms in total. The maximum atomic E-state index is 10.8. The summed E-state index contributed by atoms with van der Waals surface area (Å²) in [5.41, 5.74) is 3.08. The first kappa shape index (κ1) is 18.3. The van der Waals surface area contributed by atoms with E-state index in [2.05, 4.69) is 5.32 Å². The molecule has 0 fully saturated rings. The Hall–Kier alpha value is -3.47. The molecule has 0 atom stereocenters. The van der Waals surface area contributed by atoms with Gasteiger partial charge in [0.25, 0.3) is 0 Å². The molecule has 0 aliphatic heterocycles. The highest BCUT2D eigenvalue weighted by Crippen LogP contribution is 2.29. The molecule has 0 aliphatic carbocycles. The Bertz CT molecular complexity index is 892. The van der Waals surface area contributed by atoms with Crippen LogP contribution in [-0.4, -0.2) is 13.1 Å². The van der Waals surface area contributed by atoms with Gasteiger partial charge in [-0.15, -0.1) is 0 Å². The van der Waals surface area contributed by atoms with Crippen molar-refractivity contribution in [3.8, 4) is 11.5 Å². The SMILES string of the molecule is COc1cc(CNc2ccc(C(=O)[O-])cc2)ccc1OCc1ccccc1. The van der Waals surface area contributed by atoms with Gasteiger partial charge in [-0.25, -0.2) is 0 Å². The van der Waals surface area contributed by atoms with Gasteiger partial charge in [0.15, 0.2) is 11.5 Å². The van der Waals surface area contributed by atoms with E-state index in [1.54, 1.807) is 19.2 Å². The van der Waals surface area contributed by atoms with Crippen LogP contribution in [0.1, 0.15) is 21.5 Å². The molecule has 0 heterocycles. The zero-order valence-corrected chi connectivity index (χ0v) is 15.0. The number of ether oxygens (including phenoxy) is 2. The number of carboxylic acids is 1. The normalized spacial score (nSPS) is 10.3. The second-order valence-electron chi connectivity index (χ2n) is 5.98. The molecule has 0 saturated carbocycles. The lowest BCUT2D eigenvalue weighted by molar-refractivity contribution is -0.255. The number of benzene rings is 3. The third kappa shape index (κ3) is 5.01. The Kier molecular flexibility index (Phi) is 5.94. The van der Waals surface area contributed by atoms with Crippen LogP contribution in [0.15, 0.2) is 72.8 Å². The fourth-order valence-electron chi connectivity index (χ4n) is 2.60. The largest absolute Gasteiger partial charge is 0.545 e. The maximum Gasteiger partial charge on any atom is 0.161 e. The molecule has 0 aliphatic rings. The van der Waals surface area contributed by atoms with Gasteiger partial charge in [-0.1, -0.05) is 48.5 Å². The average molecular weight is 362 g/mol. The standard InChI is InChI=1S/C22H21NO4/c1-26-21-13-17(14-23-19-10-8-18(9-11-19)22(24)25)7-12-20(21)27-15-16-5-3-2-4-6-16/h2-13,23H,14-15H2,1H3,(H,24,25)/p-1. The monoisotopic (exact) mass is 362 g/mol. The second-order valence-corrected chi connectivity index (χ2v) is 5.98. The minimum atomic E-state index is -1.18. The van der Waals surface area contributed by atoms with Crippen LogP contribution in [0.4, 0.5) is 5.69 Å². The van der Waals surface area contributed by atoms with Crippen molar-refractivity contribution in [1.82, 2.24) is 0 Å². The molecule has 3 aromatic rings. The summed E-state index contributed by atoms with van der Waals surface area (Å²) >= 11 is 0. The molecule has 3 rings (SSSR count). The van der Waals surface area contributed by atoms with Crippen molar-refractivity contribution in [2.24, 2.45) is 0 Å². The topological polar surface area (TPSA) is 70.6 Å². The zero-order valence-electron chi connectivity index (χ0n) is 15.0. The quantitative estimate of drug-likeness (QED) is 0.666. The van der Waals surface area contributed by atoms with Crippen molar-refractivity contribution >= 4 is 11.7 Å². The summed E-state index contributed by atoms with van der Waals surface area (Å²) in [5.74, 6) is 0.165. The number of hydrogen-bond acceptors (Lipinski definition) is 5. The minimum absolute atomic E-state index is 0.155. The van der Waals surface area contributed by atoms with Crippen molar-refractivity contribution in [1.29, 1.82) is 0 Å². The second kappa shape index (κ2) is 8.76. The molecular weight excluding hydrogens is 342 g/mol. The van der Waals surface area contributed by atoms with Gasteiger partial charge >= 0.3 is 0 Å². The van der Waals surface area contributed by atoms with Crippen LogP contribution in [0.3, 0.4) is 0 Å². The van der Waals surface area contributed by atoms with Gasteiger partial charge in [-0.3, -0.25) is 0 Å². The van der Waals surface area contributed by atoms with E-state index in [9.17, 15) is 9.90 Å². The molecule has 0 spiro atoms. The molecule has 1 N–H and O–H groups in total. The molecule has 5 heteroatoms. The first-order valence-electron chi connectivity index (χ1n) is 8.54. The predicted octanol–water partition coefficient (Wildman–Crippen LogP) is 3.25. The number of anilines is 1. The molecule has 0 radical (unpaired) electrons.